The summed E-state index contributed by atoms with van der Waals surface area (Å²) in [6.45, 7) is 8.75. The van der Waals surface area contributed by atoms with Crippen LogP contribution in [0.25, 0.3) is 0 Å². The Kier molecular flexibility index (Phi) is 9.53. The number of carbonyl (C=O) groups is 2. The van der Waals surface area contributed by atoms with E-state index >= 15 is 0 Å². The van der Waals surface area contributed by atoms with Crippen LogP contribution < -0.4 is 21.1 Å². The van der Waals surface area contributed by atoms with Gasteiger partial charge in [0.2, 0.25) is 11.8 Å². The highest BCUT2D eigenvalue weighted by molar-refractivity contribution is 5.89. The lowest BCUT2D eigenvalue weighted by molar-refractivity contribution is -0.129. The summed E-state index contributed by atoms with van der Waals surface area (Å²) in [7, 11) is 0. The molecule has 6 heteroatoms. The fraction of sp³-hybridized carbons (Fsp3) is 0.440. The van der Waals surface area contributed by atoms with Crippen molar-refractivity contribution in [3.63, 3.8) is 0 Å². The van der Waals surface area contributed by atoms with Crippen molar-refractivity contribution in [3.05, 3.63) is 64.7 Å². The summed E-state index contributed by atoms with van der Waals surface area (Å²) in [6, 6.07) is 12.7. The van der Waals surface area contributed by atoms with E-state index < -0.39 is 12.1 Å². The average Bonchev–Trinajstić information content (AvgIpc) is 2.74. The molecule has 2 rings (SSSR count). The molecule has 31 heavy (non-hydrogen) atoms. The Hall–Kier alpha value is -2.86. The van der Waals surface area contributed by atoms with Gasteiger partial charge in [-0.05, 0) is 81.3 Å². The first kappa shape index (κ1) is 24.4. The summed E-state index contributed by atoms with van der Waals surface area (Å²) < 4.78 is 5.56. The third-order valence-corrected chi connectivity index (χ3v) is 5.28. The zero-order valence-electron chi connectivity index (χ0n) is 19.0. The Morgan fingerprint density at radius 3 is 2.32 bits per heavy atom. The Labute approximate surface area is 185 Å². The van der Waals surface area contributed by atoms with Crippen molar-refractivity contribution in [2.24, 2.45) is 5.73 Å². The largest absolute Gasteiger partial charge is 0.494 e. The smallest absolute Gasteiger partial charge is 0.242 e. The lowest BCUT2D eigenvalue weighted by Gasteiger charge is -2.19. The van der Waals surface area contributed by atoms with Gasteiger partial charge in [-0.15, -0.1) is 0 Å². The van der Waals surface area contributed by atoms with Gasteiger partial charge in [0.05, 0.1) is 12.6 Å². The maximum atomic E-state index is 12.5. The lowest BCUT2D eigenvalue weighted by atomic mass is 9.96. The van der Waals surface area contributed by atoms with Crippen LogP contribution in [0, 0.1) is 13.8 Å². The van der Waals surface area contributed by atoms with Gasteiger partial charge in [-0.2, -0.15) is 0 Å². The van der Waals surface area contributed by atoms with Crippen molar-refractivity contribution < 1.29 is 14.3 Å². The average molecular weight is 426 g/mol. The van der Waals surface area contributed by atoms with E-state index in [1.54, 1.807) is 6.92 Å². The Bertz CT molecular complexity index is 845. The minimum absolute atomic E-state index is 0.206. The second-order valence-electron chi connectivity index (χ2n) is 7.89. The van der Waals surface area contributed by atoms with Gasteiger partial charge in [-0.3, -0.25) is 9.59 Å². The fourth-order valence-corrected chi connectivity index (χ4v) is 3.53. The Morgan fingerprint density at radius 2 is 1.71 bits per heavy atom. The van der Waals surface area contributed by atoms with E-state index in [9.17, 15) is 9.59 Å². The van der Waals surface area contributed by atoms with Crippen molar-refractivity contribution in [3.8, 4) is 5.75 Å². The van der Waals surface area contributed by atoms with Gasteiger partial charge in [0.25, 0.3) is 0 Å². The first-order valence-corrected chi connectivity index (χ1v) is 10.9. The molecule has 168 valence electrons. The number of amides is 2. The molecule has 2 aromatic rings. The zero-order valence-corrected chi connectivity index (χ0v) is 19.0. The molecule has 0 spiro atoms. The summed E-state index contributed by atoms with van der Waals surface area (Å²) in [4.78, 5) is 24.8. The van der Waals surface area contributed by atoms with E-state index in [2.05, 4.69) is 22.8 Å². The molecule has 0 heterocycles. The number of aryl methyl sites for hydroxylation is 3. The standard InChI is InChI=1S/C25H35N3O3/c1-5-31-21-14-17(2)22(18(3)15-21)16-23(26)25(30)28-19(4)24(29)27-13-9-12-20-10-7-6-8-11-20/h6-8,10-11,14-15,19,23H,5,9,12-13,16,26H2,1-4H3,(H,27,29)(H,28,30)/t19-,23?/m1/s1. The molecule has 0 saturated heterocycles. The third-order valence-electron chi connectivity index (χ3n) is 5.28. The van der Waals surface area contributed by atoms with Crippen LogP contribution in [0.15, 0.2) is 42.5 Å². The van der Waals surface area contributed by atoms with Crippen LogP contribution in [0.3, 0.4) is 0 Å². The maximum absolute atomic E-state index is 12.5. The number of rotatable bonds is 11. The summed E-state index contributed by atoms with van der Waals surface area (Å²) in [5.74, 6) is 0.276. The van der Waals surface area contributed by atoms with E-state index in [-0.39, 0.29) is 11.8 Å². The van der Waals surface area contributed by atoms with Gasteiger partial charge in [-0.25, -0.2) is 0 Å². The number of nitrogens with two attached hydrogens (primary N) is 1. The molecule has 2 amide bonds. The van der Waals surface area contributed by atoms with Gasteiger partial charge in [0, 0.05) is 6.54 Å². The van der Waals surface area contributed by atoms with Crippen molar-refractivity contribution in [1.82, 2.24) is 10.6 Å². The summed E-state index contributed by atoms with van der Waals surface area (Å²) in [6.07, 6.45) is 2.14. The predicted molar refractivity (Wildman–Crippen MR) is 124 cm³/mol. The molecule has 1 unspecified atom stereocenters. The van der Waals surface area contributed by atoms with E-state index in [1.165, 1.54) is 5.56 Å². The molecule has 0 aliphatic rings. The maximum Gasteiger partial charge on any atom is 0.242 e. The Morgan fingerprint density at radius 1 is 1.06 bits per heavy atom. The molecule has 0 saturated carbocycles. The molecule has 0 aliphatic heterocycles. The summed E-state index contributed by atoms with van der Waals surface area (Å²) in [5.41, 5.74) is 10.5. The molecule has 0 fully saturated rings. The second kappa shape index (κ2) is 12.1. The van der Waals surface area contributed by atoms with Crippen LogP contribution in [0.4, 0.5) is 0 Å². The molecule has 0 radical (unpaired) electrons. The summed E-state index contributed by atoms with van der Waals surface area (Å²) >= 11 is 0. The van der Waals surface area contributed by atoms with Crippen LogP contribution in [-0.2, 0) is 22.4 Å². The second-order valence-corrected chi connectivity index (χ2v) is 7.89. The van der Waals surface area contributed by atoms with Crippen LogP contribution in [0.2, 0.25) is 0 Å². The van der Waals surface area contributed by atoms with E-state index in [0.29, 0.717) is 19.6 Å². The SMILES string of the molecule is CCOc1cc(C)c(CC(N)C(=O)N[C@H](C)C(=O)NCCCc2ccccc2)c(C)c1. The highest BCUT2D eigenvalue weighted by Gasteiger charge is 2.21. The number of nitrogens with one attached hydrogen (secondary N) is 2. The van der Waals surface area contributed by atoms with Gasteiger partial charge in [-0.1, -0.05) is 30.3 Å². The quantitative estimate of drug-likeness (QED) is 0.483. The molecule has 2 aromatic carbocycles. The highest BCUT2D eigenvalue weighted by Crippen LogP contribution is 2.23. The van der Waals surface area contributed by atoms with Crippen molar-refractivity contribution in [1.29, 1.82) is 0 Å². The van der Waals surface area contributed by atoms with Crippen LogP contribution in [0.5, 0.6) is 5.75 Å². The third kappa shape index (κ3) is 7.72. The van der Waals surface area contributed by atoms with E-state index in [1.807, 2.05) is 51.1 Å². The van der Waals surface area contributed by atoms with Gasteiger partial charge in [0.15, 0.2) is 0 Å². The highest BCUT2D eigenvalue weighted by atomic mass is 16.5. The van der Waals surface area contributed by atoms with Crippen molar-refractivity contribution >= 4 is 11.8 Å². The van der Waals surface area contributed by atoms with Crippen LogP contribution >= 0.6 is 0 Å². The predicted octanol–water partition coefficient (Wildman–Crippen LogP) is 2.83. The zero-order chi connectivity index (χ0) is 22.8. The first-order chi connectivity index (χ1) is 14.8. The lowest BCUT2D eigenvalue weighted by Crippen LogP contribution is -2.51. The summed E-state index contributed by atoms with van der Waals surface area (Å²) in [5, 5.41) is 5.60. The van der Waals surface area contributed by atoms with Crippen molar-refractivity contribution in [2.45, 2.75) is 59.0 Å². The van der Waals surface area contributed by atoms with Crippen LogP contribution in [0.1, 0.15) is 42.5 Å². The minimum Gasteiger partial charge on any atom is -0.494 e. The number of ether oxygens (including phenoxy) is 1. The van der Waals surface area contributed by atoms with E-state index in [0.717, 1.165) is 35.3 Å². The van der Waals surface area contributed by atoms with E-state index in [4.69, 9.17) is 10.5 Å². The number of hydrogen-bond donors (Lipinski definition) is 3. The van der Waals surface area contributed by atoms with Gasteiger partial charge in [0.1, 0.15) is 11.8 Å². The van der Waals surface area contributed by atoms with Crippen LogP contribution in [-0.4, -0.2) is 37.0 Å². The number of carbonyl (C=O) groups excluding carboxylic acids is 2. The topological polar surface area (TPSA) is 93.4 Å². The fourth-order valence-electron chi connectivity index (χ4n) is 3.53. The number of hydrogen-bond acceptors (Lipinski definition) is 4. The molecule has 4 N–H and O–H groups in total. The van der Waals surface area contributed by atoms with Gasteiger partial charge >= 0.3 is 0 Å². The first-order valence-electron chi connectivity index (χ1n) is 10.9. The van der Waals surface area contributed by atoms with Gasteiger partial charge < -0.3 is 21.1 Å². The molecule has 0 aromatic heterocycles. The molecular weight excluding hydrogens is 390 g/mol. The molecule has 0 aliphatic carbocycles. The van der Waals surface area contributed by atoms with Crippen molar-refractivity contribution in [2.75, 3.05) is 13.2 Å². The molecular formula is C25H35N3O3. The Balaban J connectivity index is 1.80. The minimum atomic E-state index is -0.733. The molecule has 2 atom stereocenters. The molecule has 0 bridgehead atoms. The number of benzene rings is 2. The normalized spacial score (nSPS) is 12.7. The monoisotopic (exact) mass is 425 g/mol. The molecule has 6 nitrogen and oxygen atoms in total.